The lowest BCUT2D eigenvalue weighted by Crippen LogP contribution is -2.37. The first kappa shape index (κ1) is 18.2. The smallest absolute Gasteiger partial charge is 0.343 e. The maximum Gasteiger partial charge on any atom is 0.343 e. The number of ether oxygens (including phenoxy) is 1. The van der Waals surface area contributed by atoms with Crippen LogP contribution in [-0.4, -0.2) is 39.4 Å². The molecule has 27 heavy (non-hydrogen) atoms. The first-order chi connectivity index (χ1) is 13.0. The van der Waals surface area contributed by atoms with Crippen LogP contribution in [0.5, 0.6) is 0 Å². The molecule has 1 aliphatic heterocycles. The van der Waals surface area contributed by atoms with Gasteiger partial charge >= 0.3 is 5.97 Å². The highest BCUT2D eigenvalue weighted by atomic mass is 16.5. The summed E-state index contributed by atoms with van der Waals surface area (Å²) < 4.78 is 5.01. The number of imide groups is 1. The molecule has 0 saturated carbocycles. The summed E-state index contributed by atoms with van der Waals surface area (Å²) in [4.78, 5) is 44.8. The topological polar surface area (TPSA) is 101 Å². The van der Waals surface area contributed by atoms with Crippen molar-refractivity contribution in [3.8, 4) is 0 Å². The SMILES string of the molecule is CCOC(=O)c1cnc(Cc2ccccc2)nc1NN1C(=O)C=C(C)C1=O. The summed E-state index contributed by atoms with van der Waals surface area (Å²) in [6.07, 6.45) is 2.97. The van der Waals surface area contributed by atoms with Crippen LogP contribution in [0.25, 0.3) is 0 Å². The van der Waals surface area contributed by atoms with Crippen LogP contribution < -0.4 is 5.43 Å². The molecule has 8 heteroatoms. The summed E-state index contributed by atoms with van der Waals surface area (Å²) in [5.41, 5.74) is 3.96. The van der Waals surface area contributed by atoms with E-state index in [2.05, 4.69) is 15.4 Å². The van der Waals surface area contributed by atoms with Gasteiger partial charge < -0.3 is 4.74 Å². The first-order valence-corrected chi connectivity index (χ1v) is 8.40. The number of amides is 2. The van der Waals surface area contributed by atoms with Crippen molar-refractivity contribution in [2.45, 2.75) is 20.3 Å². The number of nitrogens with zero attached hydrogens (tertiary/aromatic N) is 3. The van der Waals surface area contributed by atoms with Gasteiger partial charge in [-0.2, -0.15) is 5.01 Å². The molecule has 0 spiro atoms. The second-order valence-electron chi connectivity index (χ2n) is 5.85. The van der Waals surface area contributed by atoms with Gasteiger partial charge in [-0.05, 0) is 19.4 Å². The van der Waals surface area contributed by atoms with Crippen molar-refractivity contribution < 1.29 is 19.1 Å². The third-order valence-electron chi connectivity index (χ3n) is 3.86. The number of esters is 1. The summed E-state index contributed by atoms with van der Waals surface area (Å²) in [5, 5.41) is 0.812. The summed E-state index contributed by atoms with van der Waals surface area (Å²) in [7, 11) is 0. The second-order valence-corrected chi connectivity index (χ2v) is 5.85. The van der Waals surface area contributed by atoms with Crippen LogP contribution in [0.1, 0.15) is 35.6 Å². The molecule has 0 aliphatic carbocycles. The fourth-order valence-corrected chi connectivity index (χ4v) is 2.53. The van der Waals surface area contributed by atoms with E-state index in [1.165, 1.54) is 19.2 Å². The quantitative estimate of drug-likeness (QED) is 0.615. The Bertz CT molecular complexity index is 925. The van der Waals surface area contributed by atoms with Crippen LogP contribution in [0.15, 0.2) is 48.2 Å². The van der Waals surface area contributed by atoms with E-state index in [1.54, 1.807) is 6.92 Å². The Morgan fingerprint density at radius 3 is 2.59 bits per heavy atom. The third-order valence-corrected chi connectivity index (χ3v) is 3.86. The Hall–Kier alpha value is -3.55. The predicted octanol–water partition coefficient (Wildman–Crippen LogP) is 1.89. The first-order valence-electron chi connectivity index (χ1n) is 8.40. The molecular weight excluding hydrogens is 348 g/mol. The minimum Gasteiger partial charge on any atom is -0.462 e. The molecule has 2 heterocycles. The molecule has 3 rings (SSSR count). The van der Waals surface area contributed by atoms with E-state index < -0.39 is 17.8 Å². The second kappa shape index (κ2) is 7.77. The maximum atomic E-state index is 12.2. The van der Waals surface area contributed by atoms with Gasteiger partial charge in [-0.3, -0.25) is 15.0 Å². The van der Waals surface area contributed by atoms with Gasteiger partial charge in [0.05, 0.1) is 6.61 Å². The van der Waals surface area contributed by atoms with Gasteiger partial charge in [-0.15, -0.1) is 0 Å². The number of anilines is 1. The van der Waals surface area contributed by atoms with Gasteiger partial charge in [0.2, 0.25) is 0 Å². The highest BCUT2D eigenvalue weighted by molar-refractivity contribution is 6.16. The summed E-state index contributed by atoms with van der Waals surface area (Å²) in [6.45, 7) is 3.39. The number of carbonyl (C=O) groups excluding carboxylic acids is 3. The summed E-state index contributed by atoms with van der Waals surface area (Å²) >= 11 is 0. The number of rotatable bonds is 6. The summed E-state index contributed by atoms with van der Waals surface area (Å²) in [5.74, 6) is -1.21. The van der Waals surface area contributed by atoms with Gasteiger partial charge in [0.25, 0.3) is 11.8 Å². The summed E-state index contributed by atoms with van der Waals surface area (Å²) in [6, 6.07) is 9.56. The fraction of sp³-hybridized carbons (Fsp3) is 0.211. The van der Waals surface area contributed by atoms with E-state index in [9.17, 15) is 14.4 Å². The molecule has 2 aromatic rings. The molecule has 1 aromatic carbocycles. The van der Waals surface area contributed by atoms with Crippen molar-refractivity contribution in [3.63, 3.8) is 0 Å². The zero-order valence-corrected chi connectivity index (χ0v) is 14.9. The number of hydrogen-bond acceptors (Lipinski definition) is 7. The molecule has 1 N–H and O–H groups in total. The van der Waals surface area contributed by atoms with Gasteiger partial charge in [0, 0.05) is 24.3 Å². The van der Waals surface area contributed by atoms with Crippen LogP contribution in [0, 0.1) is 0 Å². The molecule has 0 atom stereocenters. The highest BCUT2D eigenvalue weighted by Gasteiger charge is 2.30. The lowest BCUT2D eigenvalue weighted by Gasteiger charge is -2.18. The highest BCUT2D eigenvalue weighted by Crippen LogP contribution is 2.19. The molecule has 138 valence electrons. The van der Waals surface area contributed by atoms with E-state index in [4.69, 9.17) is 4.74 Å². The van der Waals surface area contributed by atoms with Crippen LogP contribution >= 0.6 is 0 Å². The van der Waals surface area contributed by atoms with E-state index >= 15 is 0 Å². The van der Waals surface area contributed by atoms with Gasteiger partial charge in [-0.1, -0.05) is 30.3 Å². The third kappa shape index (κ3) is 4.00. The van der Waals surface area contributed by atoms with E-state index in [0.29, 0.717) is 17.8 Å². The molecule has 0 unspecified atom stereocenters. The molecule has 1 aromatic heterocycles. The number of benzene rings is 1. The maximum absolute atomic E-state index is 12.2. The van der Waals surface area contributed by atoms with Crippen LogP contribution in [0.4, 0.5) is 5.82 Å². The van der Waals surface area contributed by atoms with E-state index in [-0.39, 0.29) is 18.0 Å². The molecule has 1 aliphatic rings. The Morgan fingerprint density at radius 1 is 1.22 bits per heavy atom. The van der Waals surface area contributed by atoms with E-state index in [1.807, 2.05) is 30.3 Å². The normalized spacial score (nSPS) is 13.6. The van der Waals surface area contributed by atoms with Crippen molar-refractivity contribution in [2.75, 3.05) is 12.0 Å². The van der Waals surface area contributed by atoms with Gasteiger partial charge in [0.15, 0.2) is 5.82 Å². The fourth-order valence-electron chi connectivity index (χ4n) is 2.53. The number of aromatic nitrogens is 2. The standard InChI is InChI=1S/C19H18N4O4/c1-3-27-19(26)14-11-20-15(10-13-7-5-4-6-8-13)21-17(14)22-23-16(24)9-12(2)18(23)25/h4-9,11H,3,10H2,1-2H3,(H,20,21,22). The molecule has 0 fully saturated rings. The minimum atomic E-state index is -0.643. The van der Waals surface area contributed by atoms with E-state index in [0.717, 1.165) is 10.6 Å². The van der Waals surface area contributed by atoms with Crippen molar-refractivity contribution >= 4 is 23.6 Å². The van der Waals surface area contributed by atoms with Crippen molar-refractivity contribution in [2.24, 2.45) is 0 Å². The zero-order valence-electron chi connectivity index (χ0n) is 14.9. The average molecular weight is 366 g/mol. The zero-order chi connectivity index (χ0) is 19.4. The number of hydrogen-bond donors (Lipinski definition) is 1. The lowest BCUT2D eigenvalue weighted by atomic mass is 10.1. The molecular formula is C19H18N4O4. The van der Waals surface area contributed by atoms with Gasteiger partial charge in [0.1, 0.15) is 11.4 Å². The Balaban J connectivity index is 1.92. The average Bonchev–Trinajstić information content (AvgIpc) is 2.89. The number of carbonyl (C=O) groups is 3. The van der Waals surface area contributed by atoms with Crippen LogP contribution in [0.2, 0.25) is 0 Å². The monoisotopic (exact) mass is 366 g/mol. The van der Waals surface area contributed by atoms with Crippen LogP contribution in [0.3, 0.4) is 0 Å². The Kier molecular flexibility index (Phi) is 5.25. The van der Waals surface area contributed by atoms with Crippen LogP contribution in [-0.2, 0) is 20.7 Å². The molecule has 2 amide bonds. The number of hydrazine groups is 1. The van der Waals surface area contributed by atoms with Gasteiger partial charge in [-0.25, -0.2) is 14.8 Å². The molecule has 0 saturated heterocycles. The Labute approximate surface area is 155 Å². The van der Waals surface area contributed by atoms with Crippen molar-refractivity contribution in [1.29, 1.82) is 0 Å². The predicted molar refractivity (Wildman–Crippen MR) is 96.5 cm³/mol. The molecule has 0 bridgehead atoms. The lowest BCUT2D eigenvalue weighted by molar-refractivity contribution is -0.135. The van der Waals surface area contributed by atoms with Crippen molar-refractivity contribution in [1.82, 2.24) is 15.0 Å². The van der Waals surface area contributed by atoms with Crippen molar-refractivity contribution in [3.05, 3.63) is 65.1 Å². The molecule has 8 nitrogen and oxygen atoms in total. The Morgan fingerprint density at radius 2 is 1.96 bits per heavy atom. The minimum absolute atomic E-state index is 0.0406. The molecule has 0 radical (unpaired) electrons. The number of nitrogens with one attached hydrogen (secondary N) is 1. The largest absolute Gasteiger partial charge is 0.462 e.